The molecule has 3 rings (SSSR count). The molecule has 1 saturated carbocycles. The molecular weight excluding hydrogens is 258 g/mol. The predicted octanol–water partition coefficient (Wildman–Crippen LogP) is 4.12. The van der Waals surface area contributed by atoms with Gasteiger partial charge in [-0.05, 0) is 49.8 Å². The van der Waals surface area contributed by atoms with Crippen molar-refractivity contribution in [2.45, 2.75) is 65.0 Å². The maximum Gasteiger partial charge on any atom is 0.130 e. The minimum Gasteiger partial charge on any atom is -0.326 e. The van der Waals surface area contributed by atoms with Crippen LogP contribution in [0.15, 0.2) is 18.2 Å². The molecule has 2 aromatic rings. The number of rotatable bonds is 3. The summed E-state index contributed by atoms with van der Waals surface area (Å²) in [4.78, 5) is 4.96. The molecule has 2 unspecified atom stereocenters. The van der Waals surface area contributed by atoms with E-state index in [2.05, 4.69) is 43.5 Å². The molecule has 0 bridgehead atoms. The molecule has 2 N–H and O–H groups in total. The highest BCUT2D eigenvalue weighted by atomic mass is 15.1. The summed E-state index contributed by atoms with van der Waals surface area (Å²) < 4.78 is 2.37. The normalized spacial score (nSPS) is 26.4. The van der Waals surface area contributed by atoms with E-state index in [4.69, 9.17) is 10.7 Å². The number of aromatic nitrogens is 2. The van der Waals surface area contributed by atoms with Crippen LogP contribution in [0, 0.1) is 12.8 Å². The molecule has 1 aromatic carbocycles. The second kappa shape index (κ2) is 5.45. The van der Waals surface area contributed by atoms with Gasteiger partial charge in [-0.15, -0.1) is 0 Å². The molecule has 1 heterocycles. The van der Waals surface area contributed by atoms with Gasteiger partial charge in [-0.25, -0.2) is 4.98 Å². The van der Waals surface area contributed by atoms with Crippen LogP contribution < -0.4 is 5.73 Å². The molecule has 1 aliphatic carbocycles. The SMILES string of the molecule is CCCn1c(C2(N)CCCC(C)C2)nc2cc(C)ccc21. The van der Waals surface area contributed by atoms with Gasteiger partial charge < -0.3 is 10.3 Å². The molecule has 2 atom stereocenters. The first-order valence-corrected chi connectivity index (χ1v) is 8.30. The van der Waals surface area contributed by atoms with E-state index in [0.717, 1.165) is 37.1 Å². The lowest BCUT2D eigenvalue weighted by Gasteiger charge is -2.36. The Morgan fingerprint density at radius 3 is 2.95 bits per heavy atom. The smallest absolute Gasteiger partial charge is 0.130 e. The number of benzene rings is 1. The first-order valence-electron chi connectivity index (χ1n) is 8.30. The third-order valence-corrected chi connectivity index (χ3v) is 4.83. The van der Waals surface area contributed by atoms with Gasteiger partial charge in [0, 0.05) is 6.54 Å². The van der Waals surface area contributed by atoms with E-state index in [0.29, 0.717) is 5.92 Å². The fourth-order valence-corrected chi connectivity index (χ4v) is 3.86. The van der Waals surface area contributed by atoms with Gasteiger partial charge in [0.2, 0.25) is 0 Å². The van der Waals surface area contributed by atoms with Crippen LogP contribution in [0.25, 0.3) is 11.0 Å². The van der Waals surface area contributed by atoms with E-state index < -0.39 is 0 Å². The average Bonchev–Trinajstić information content (AvgIpc) is 2.78. The Labute approximate surface area is 127 Å². The average molecular weight is 285 g/mol. The molecule has 21 heavy (non-hydrogen) atoms. The van der Waals surface area contributed by atoms with Gasteiger partial charge in [-0.1, -0.05) is 32.8 Å². The summed E-state index contributed by atoms with van der Waals surface area (Å²) in [5.41, 5.74) is 10.2. The first-order chi connectivity index (χ1) is 10.0. The molecular formula is C18H27N3. The summed E-state index contributed by atoms with van der Waals surface area (Å²) in [7, 11) is 0. The second-order valence-electron chi connectivity index (χ2n) is 6.94. The number of hydrogen-bond acceptors (Lipinski definition) is 2. The summed E-state index contributed by atoms with van der Waals surface area (Å²) >= 11 is 0. The highest BCUT2D eigenvalue weighted by Crippen LogP contribution is 2.38. The Kier molecular flexibility index (Phi) is 3.78. The summed E-state index contributed by atoms with van der Waals surface area (Å²) in [6.07, 6.45) is 5.73. The summed E-state index contributed by atoms with van der Waals surface area (Å²) in [5, 5.41) is 0. The van der Waals surface area contributed by atoms with Crippen LogP contribution in [0.2, 0.25) is 0 Å². The number of nitrogens with two attached hydrogens (primary N) is 1. The van der Waals surface area contributed by atoms with Crippen molar-refractivity contribution in [1.82, 2.24) is 9.55 Å². The van der Waals surface area contributed by atoms with Crippen molar-refractivity contribution in [2.24, 2.45) is 11.7 Å². The lowest BCUT2D eigenvalue weighted by atomic mass is 9.76. The summed E-state index contributed by atoms with van der Waals surface area (Å²) in [5.74, 6) is 1.80. The molecule has 0 saturated heterocycles. The first kappa shape index (κ1) is 14.6. The van der Waals surface area contributed by atoms with E-state index in [1.54, 1.807) is 0 Å². The summed E-state index contributed by atoms with van der Waals surface area (Å²) in [6, 6.07) is 6.56. The number of aryl methyl sites for hydroxylation is 2. The van der Waals surface area contributed by atoms with Gasteiger partial charge in [0.25, 0.3) is 0 Å². The quantitative estimate of drug-likeness (QED) is 0.922. The molecule has 0 aliphatic heterocycles. The van der Waals surface area contributed by atoms with Gasteiger partial charge in [0.05, 0.1) is 16.6 Å². The van der Waals surface area contributed by atoms with Crippen molar-refractivity contribution in [3.8, 4) is 0 Å². The maximum atomic E-state index is 6.82. The minimum absolute atomic E-state index is 0.250. The third-order valence-electron chi connectivity index (χ3n) is 4.83. The summed E-state index contributed by atoms with van der Waals surface area (Å²) in [6.45, 7) is 7.66. The van der Waals surface area contributed by atoms with Crippen LogP contribution in [-0.4, -0.2) is 9.55 Å². The van der Waals surface area contributed by atoms with Crippen LogP contribution >= 0.6 is 0 Å². The standard InChI is InChI=1S/C18H27N3/c1-4-10-21-16-8-7-13(2)11-15(16)20-17(21)18(19)9-5-6-14(3)12-18/h7-8,11,14H,4-6,9-10,12,19H2,1-3H3. The van der Waals surface area contributed by atoms with Crippen molar-refractivity contribution in [2.75, 3.05) is 0 Å². The van der Waals surface area contributed by atoms with Gasteiger partial charge in [0.1, 0.15) is 5.82 Å². The van der Waals surface area contributed by atoms with Crippen molar-refractivity contribution in [3.05, 3.63) is 29.6 Å². The number of hydrogen-bond donors (Lipinski definition) is 1. The van der Waals surface area contributed by atoms with Gasteiger partial charge >= 0.3 is 0 Å². The highest BCUT2D eigenvalue weighted by molar-refractivity contribution is 5.77. The van der Waals surface area contributed by atoms with Gasteiger partial charge in [-0.2, -0.15) is 0 Å². The van der Waals surface area contributed by atoms with Crippen LogP contribution in [0.4, 0.5) is 0 Å². The zero-order valence-electron chi connectivity index (χ0n) is 13.5. The minimum atomic E-state index is -0.250. The zero-order valence-corrected chi connectivity index (χ0v) is 13.5. The fraction of sp³-hybridized carbons (Fsp3) is 0.611. The molecule has 0 spiro atoms. The number of nitrogens with zero attached hydrogens (tertiary/aromatic N) is 2. The molecule has 1 aromatic heterocycles. The molecule has 3 heteroatoms. The lowest BCUT2D eigenvalue weighted by molar-refractivity contribution is 0.222. The van der Waals surface area contributed by atoms with E-state index in [1.807, 2.05) is 0 Å². The Bertz CT molecular complexity index is 643. The Morgan fingerprint density at radius 2 is 2.24 bits per heavy atom. The Morgan fingerprint density at radius 1 is 1.43 bits per heavy atom. The van der Waals surface area contributed by atoms with Crippen LogP contribution in [0.1, 0.15) is 57.3 Å². The van der Waals surface area contributed by atoms with E-state index >= 15 is 0 Å². The van der Waals surface area contributed by atoms with Gasteiger partial charge in [-0.3, -0.25) is 0 Å². The Hall–Kier alpha value is -1.35. The topological polar surface area (TPSA) is 43.8 Å². The van der Waals surface area contributed by atoms with Crippen LogP contribution in [-0.2, 0) is 12.1 Å². The molecule has 114 valence electrons. The lowest BCUT2D eigenvalue weighted by Crippen LogP contribution is -2.43. The Balaban J connectivity index is 2.14. The highest BCUT2D eigenvalue weighted by Gasteiger charge is 2.37. The number of fused-ring (bicyclic) bond motifs is 1. The molecule has 0 radical (unpaired) electrons. The van der Waals surface area contributed by atoms with Crippen molar-refractivity contribution in [1.29, 1.82) is 0 Å². The van der Waals surface area contributed by atoms with Crippen molar-refractivity contribution >= 4 is 11.0 Å². The zero-order chi connectivity index (χ0) is 15.0. The van der Waals surface area contributed by atoms with E-state index in [9.17, 15) is 0 Å². The van der Waals surface area contributed by atoms with Crippen molar-refractivity contribution in [3.63, 3.8) is 0 Å². The van der Waals surface area contributed by atoms with E-state index in [-0.39, 0.29) is 5.54 Å². The predicted molar refractivity (Wildman–Crippen MR) is 88.3 cm³/mol. The van der Waals surface area contributed by atoms with Crippen LogP contribution in [0.3, 0.4) is 0 Å². The van der Waals surface area contributed by atoms with Crippen molar-refractivity contribution < 1.29 is 0 Å². The monoisotopic (exact) mass is 285 g/mol. The maximum absolute atomic E-state index is 6.82. The third kappa shape index (κ3) is 2.59. The molecule has 0 amide bonds. The fourth-order valence-electron chi connectivity index (χ4n) is 3.86. The number of imidazole rings is 1. The second-order valence-corrected chi connectivity index (χ2v) is 6.94. The van der Waals surface area contributed by atoms with E-state index in [1.165, 1.54) is 23.9 Å². The molecule has 1 fully saturated rings. The van der Waals surface area contributed by atoms with Gasteiger partial charge in [0.15, 0.2) is 0 Å². The largest absolute Gasteiger partial charge is 0.326 e. The molecule has 1 aliphatic rings. The van der Waals surface area contributed by atoms with Crippen LogP contribution in [0.5, 0.6) is 0 Å². The molecule has 3 nitrogen and oxygen atoms in total.